The molecule has 1 aromatic carbocycles. The molecule has 11 heteroatoms. The average Bonchev–Trinajstić information content (AvgIpc) is 3.14. The molecule has 26 heavy (non-hydrogen) atoms. The van der Waals surface area contributed by atoms with Gasteiger partial charge in [0.25, 0.3) is 11.6 Å². The lowest BCUT2D eigenvalue weighted by Gasteiger charge is -2.30. The molecule has 9 nitrogen and oxygen atoms in total. The van der Waals surface area contributed by atoms with E-state index < -0.39 is 10.8 Å². The fraction of sp³-hybridized carbons (Fsp3) is 0.267. The molecular weight excluding hydrogens is 378 g/mol. The van der Waals surface area contributed by atoms with Crippen molar-refractivity contribution in [1.29, 1.82) is 0 Å². The zero-order chi connectivity index (χ0) is 18.5. The first kappa shape index (κ1) is 18.2. The molecule has 0 spiro atoms. The number of thiazole rings is 1. The third-order valence-electron chi connectivity index (χ3n) is 3.67. The molecule has 0 bridgehead atoms. The second-order valence-corrected chi connectivity index (χ2v) is 6.61. The number of thiocarbonyl (C=S) groups is 1. The van der Waals surface area contributed by atoms with Crippen LogP contribution in [-0.4, -0.2) is 47.2 Å². The molecule has 1 fully saturated rings. The molecule has 1 aliphatic rings. The molecule has 1 saturated heterocycles. The van der Waals surface area contributed by atoms with E-state index in [9.17, 15) is 14.9 Å². The van der Waals surface area contributed by atoms with E-state index in [1.807, 2.05) is 4.90 Å². The Hall–Kier alpha value is -2.63. The smallest absolute Gasteiger partial charge is 0.270 e. The van der Waals surface area contributed by atoms with Crippen molar-refractivity contribution in [3.05, 3.63) is 45.5 Å². The van der Waals surface area contributed by atoms with Crippen LogP contribution in [0.15, 0.2) is 29.8 Å². The van der Waals surface area contributed by atoms with Crippen molar-refractivity contribution in [3.8, 4) is 0 Å². The Morgan fingerprint density at radius 3 is 2.81 bits per heavy atom. The summed E-state index contributed by atoms with van der Waals surface area (Å²) in [4.78, 5) is 29.2. The maximum Gasteiger partial charge on any atom is 0.270 e. The van der Waals surface area contributed by atoms with Gasteiger partial charge < -0.3 is 15.0 Å². The number of non-ortho nitro benzene ring substituents is 1. The van der Waals surface area contributed by atoms with Gasteiger partial charge in [0.15, 0.2) is 10.2 Å². The maximum absolute atomic E-state index is 12.7. The molecule has 136 valence electrons. The molecule has 1 amide bonds. The predicted molar refractivity (Wildman–Crippen MR) is 102 cm³/mol. The summed E-state index contributed by atoms with van der Waals surface area (Å²) < 4.78 is 5.32. The number of nitro groups is 1. The number of nitrogens with one attached hydrogen (secondary N) is 2. The SMILES string of the molecule is O=C(NC(=S)Nc1nccs1)c1cc([N+](=O)[O-])ccc1N1CCOCC1. The highest BCUT2D eigenvalue weighted by Crippen LogP contribution is 2.26. The fourth-order valence-corrected chi connectivity index (χ4v) is 3.27. The zero-order valence-electron chi connectivity index (χ0n) is 13.5. The van der Waals surface area contributed by atoms with E-state index in [-0.39, 0.29) is 16.4 Å². The lowest BCUT2D eigenvalue weighted by atomic mass is 10.1. The van der Waals surface area contributed by atoms with Crippen LogP contribution >= 0.6 is 23.6 Å². The van der Waals surface area contributed by atoms with Crippen LogP contribution in [0.25, 0.3) is 0 Å². The first-order valence-corrected chi connectivity index (χ1v) is 8.96. The van der Waals surface area contributed by atoms with Crippen LogP contribution in [0.2, 0.25) is 0 Å². The van der Waals surface area contributed by atoms with E-state index in [0.29, 0.717) is 37.1 Å². The Labute approximate surface area is 158 Å². The van der Waals surface area contributed by atoms with E-state index in [2.05, 4.69) is 15.6 Å². The number of ether oxygens (including phenoxy) is 1. The van der Waals surface area contributed by atoms with Gasteiger partial charge in [-0.1, -0.05) is 0 Å². The molecule has 0 radical (unpaired) electrons. The first-order chi connectivity index (χ1) is 12.5. The quantitative estimate of drug-likeness (QED) is 0.461. The van der Waals surface area contributed by atoms with E-state index in [1.54, 1.807) is 17.6 Å². The summed E-state index contributed by atoms with van der Waals surface area (Å²) in [7, 11) is 0. The number of nitrogens with zero attached hydrogens (tertiary/aromatic N) is 3. The van der Waals surface area contributed by atoms with Crippen molar-refractivity contribution >= 4 is 51.1 Å². The van der Waals surface area contributed by atoms with Crippen LogP contribution < -0.4 is 15.5 Å². The first-order valence-electron chi connectivity index (χ1n) is 7.67. The van der Waals surface area contributed by atoms with Crippen molar-refractivity contribution in [2.75, 3.05) is 36.5 Å². The second kappa shape index (κ2) is 8.17. The van der Waals surface area contributed by atoms with Gasteiger partial charge in [0.1, 0.15) is 0 Å². The number of aromatic nitrogens is 1. The lowest BCUT2D eigenvalue weighted by molar-refractivity contribution is -0.384. The van der Waals surface area contributed by atoms with Crippen LogP contribution in [0, 0.1) is 10.1 Å². The molecule has 2 aromatic rings. The molecule has 1 aromatic heterocycles. The van der Waals surface area contributed by atoms with Crippen molar-refractivity contribution in [2.24, 2.45) is 0 Å². The van der Waals surface area contributed by atoms with Crippen LogP contribution in [0.3, 0.4) is 0 Å². The number of morpholine rings is 1. The van der Waals surface area contributed by atoms with Gasteiger partial charge in [-0.25, -0.2) is 4.98 Å². The maximum atomic E-state index is 12.7. The highest BCUT2D eigenvalue weighted by atomic mass is 32.1. The van der Waals surface area contributed by atoms with Gasteiger partial charge in [0.2, 0.25) is 0 Å². The number of carbonyl (C=O) groups excluding carboxylic acids is 1. The van der Waals surface area contributed by atoms with Gasteiger partial charge in [-0.15, -0.1) is 11.3 Å². The van der Waals surface area contributed by atoms with E-state index in [1.165, 1.54) is 23.5 Å². The lowest BCUT2D eigenvalue weighted by Crippen LogP contribution is -2.39. The van der Waals surface area contributed by atoms with Crippen LogP contribution in [-0.2, 0) is 4.74 Å². The number of nitro benzene ring substituents is 1. The minimum Gasteiger partial charge on any atom is -0.378 e. The molecule has 2 heterocycles. The largest absolute Gasteiger partial charge is 0.378 e. The molecular formula is C15H15N5O4S2. The summed E-state index contributed by atoms with van der Waals surface area (Å²) in [5, 5.41) is 18.8. The third kappa shape index (κ3) is 4.31. The van der Waals surface area contributed by atoms with E-state index >= 15 is 0 Å². The molecule has 0 unspecified atom stereocenters. The molecule has 2 N–H and O–H groups in total. The van der Waals surface area contributed by atoms with Gasteiger partial charge in [-0.2, -0.15) is 0 Å². The standard InChI is InChI=1S/C15H15N5O4S2/c21-13(17-14(25)18-15-16-3-8-26-15)11-9-10(20(22)23)1-2-12(11)19-4-6-24-7-5-19/h1-3,8-9H,4-7H2,(H2,16,17,18,21,25). The van der Waals surface area contributed by atoms with Crippen LogP contribution in [0.5, 0.6) is 0 Å². The second-order valence-electron chi connectivity index (χ2n) is 5.30. The Morgan fingerprint density at radius 1 is 1.38 bits per heavy atom. The van der Waals surface area contributed by atoms with Gasteiger partial charge in [-0.3, -0.25) is 20.2 Å². The van der Waals surface area contributed by atoms with Crippen molar-refractivity contribution in [2.45, 2.75) is 0 Å². The van der Waals surface area contributed by atoms with Gasteiger partial charge in [0, 0.05) is 36.8 Å². The summed E-state index contributed by atoms with van der Waals surface area (Å²) >= 11 is 6.45. The van der Waals surface area contributed by atoms with Crippen molar-refractivity contribution in [1.82, 2.24) is 10.3 Å². The van der Waals surface area contributed by atoms with Crippen LogP contribution in [0.4, 0.5) is 16.5 Å². The van der Waals surface area contributed by atoms with Gasteiger partial charge >= 0.3 is 0 Å². The molecule has 0 aliphatic carbocycles. The number of amides is 1. The number of hydrogen-bond acceptors (Lipinski definition) is 8. The Kier molecular flexibility index (Phi) is 5.71. The van der Waals surface area contributed by atoms with Crippen LogP contribution in [0.1, 0.15) is 10.4 Å². The Morgan fingerprint density at radius 2 is 2.15 bits per heavy atom. The van der Waals surface area contributed by atoms with Gasteiger partial charge in [0.05, 0.1) is 29.4 Å². The fourth-order valence-electron chi connectivity index (χ4n) is 2.48. The van der Waals surface area contributed by atoms with Crippen molar-refractivity contribution < 1.29 is 14.5 Å². The highest BCUT2D eigenvalue weighted by Gasteiger charge is 2.22. The monoisotopic (exact) mass is 393 g/mol. The average molecular weight is 393 g/mol. The number of anilines is 2. The molecule has 0 atom stereocenters. The normalized spacial score (nSPS) is 13.9. The minimum absolute atomic E-state index is 0.0735. The predicted octanol–water partition coefficient (Wildman–Crippen LogP) is 2.01. The number of benzene rings is 1. The number of hydrogen-bond donors (Lipinski definition) is 2. The summed E-state index contributed by atoms with van der Waals surface area (Å²) in [5.41, 5.74) is 0.629. The molecule has 3 rings (SSSR count). The third-order valence-corrected chi connectivity index (χ3v) is 4.56. The Bertz CT molecular complexity index is 821. The summed E-state index contributed by atoms with van der Waals surface area (Å²) in [5.74, 6) is -0.524. The highest BCUT2D eigenvalue weighted by molar-refractivity contribution is 7.80. The van der Waals surface area contributed by atoms with Gasteiger partial charge in [-0.05, 0) is 18.3 Å². The zero-order valence-corrected chi connectivity index (χ0v) is 15.1. The van der Waals surface area contributed by atoms with E-state index in [0.717, 1.165) is 0 Å². The number of rotatable bonds is 4. The molecule has 0 saturated carbocycles. The van der Waals surface area contributed by atoms with E-state index in [4.69, 9.17) is 17.0 Å². The topological polar surface area (TPSA) is 110 Å². The van der Waals surface area contributed by atoms with Crippen molar-refractivity contribution in [3.63, 3.8) is 0 Å². The number of carbonyl (C=O) groups is 1. The summed E-state index contributed by atoms with van der Waals surface area (Å²) in [6, 6.07) is 4.22. The Balaban J connectivity index is 1.82. The minimum atomic E-state index is -0.536. The molecule has 1 aliphatic heterocycles. The summed E-state index contributed by atoms with van der Waals surface area (Å²) in [6.07, 6.45) is 1.61. The summed E-state index contributed by atoms with van der Waals surface area (Å²) in [6.45, 7) is 2.25.